The number of ketones is 1. The first-order valence-electron chi connectivity index (χ1n) is 8.10. The molecule has 0 aliphatic heterocycles. The number of hydrogen-bond acceptors (Lipinski definition) is 4. The zero-order valence-corrected chi connectivity index (χ0v) is 13.6. The standard InChI is InChI=1S/C20H13FN2O3/c21-14-3-5-15(6-4-14)23-17-9-12(19-2-1-7-26-19)10-18(24)16(17)8-13(11-22)20(23)25/h1-8,12H,9-10H2/t12-/m1/s1. The van der Waals surface area contributed by atoms with Gasteiger partial charge in [-0.25, -0.2) is 4.39 Å². The van der Waals surface area contributed by atoms with Gasteiger partial charge in [0.2, 0.25) is 0 Å². The molecule has 0 amide bonds. The summed E-state index contributed by atoms with van der Waals surface area (Å²) in [4.78, 5) is 25.5. The van der Waals surface area contributed by atoms with Crippen molar-refractivity contribution in [1.82, 2.24) is 4.57 Å². The average Bonchev–Trinajstić information content (AvgIpc) is 3.17. The van der Waals surface area contributed by atoms with Crippen LogP contribution in [-0.2, 0) is 6.42 Å². The van der Waals surface area contributed by atoms with Crippen molar-refractivity contribution in [3.63, 3.8) is 0 Å². The maximum Gasteiger partial charge on any atom is 0.273 e. The molecular formula is C20H13FN2O3. The molecule has 0 saturated heterocycles. The molecule has 0 fully saturated rings. The van der Waals surface area contributed by atoms with E-state index in [0.29, 0.717) is 29.1 Å². The van der Waals surface area contributed by atoms with Crippen LogP contribution in [0.2, 0.25) is 0 Å². The highest BCUT2D eigenvalue weighted by molar-refractivity contribution is 5.99. The van der Waals surface area contributed by atoms with Gasteiger partial charge in [-0.1, -0.05) is 0 Å². The van der Waals surface area contributed by atoms with Gasteiger partial charge in [0.15, 0.2) is 5.78 Å². The first-order chi connectivity index (χ1) is 12.6. The van der Waals surface area contributed by atoms with Gasteiger partial charge in [0.25, 0.3) is 5.56 Å². The minimum absolute atomic E-state index is 0.113. The number of furan rings is 1. The van der Waals surface area contributed by atoms with Gasteiger partial charge in [-0.3, -0.25) is 14.2 Å². The molecule has 3 aromatic rings. The number of hydrogen-bond donors (Lipinski definition) is 0. The molecule has 0 radical (unpaired) electrons. The van der Waals surface area contributed by atoms with Crippen LogP contribution in [0.3, 0.4) is 0 Å². The van der Waals surface area contributed by atoms with E-state index in [4.69, 9.17) is 4.42 Å². The molecule has 128 valence electrons. The molecule has 1 aromatic carbocycles. The largest absolute Gasteiger partial charge is 0.469 e. The molecule has 4 rings (SSSR count). The molecule has 2 aromatic heterocycles. The summed E-state index contributed by atoms with van der Waals surface area (Å²) in [5.74, 6) is -0.104. The van der Waals surface area contributed by atoms with E-state index in [-0.39, 0.29) is 23.7 Å². The number of aromatic nitrogens is 1. The number of Topliss-reactive ketones (excluding diaryl/α,β-unsaturated/α-hetero) is 1. The number of nitrogens with zero attached hydrogens (tertiary/aromatic N) is 2. The molecule has 2 heterocycles. The van der Waals surface area contributed by atoms with E-state index >= 15 is 0 Å². The summed E-state index contributed by atoms with van der Waals surface area (Å²) < 4.78 is 20.1. The SMILES string of the molecule is N#Cc1cc2c(n(-c3ccc(F)cc3)c1=O)C[C@@H](c1ccco1)CC2=O. The van der Waals surface area contributed by atoms with Crippen LogP contribution in [0.15, 0.2) is 57.9 Å². The van der Waals surface area contributed by atoms with Crippen LogP contribution in [0.25, 0.3) is 5.69 Å². The normalized spacial score (nSPS) is 16.2. The Labute approximate surface area is 147 Å². The predicted octanol–water partition coefficient (Wildman–Crippen LogP) is 3.35. The second-order valence-electron chi connectivity index (χ2n) is 6.19. The maximum atomic E-state index is 13.3. The first kappa shape index (κ1) is 16.0. The van der Waals surface area contributed by atoms with E-state index in [1.54, 1.807) is 18.4 Å². The zero-order valence-electron chi connectivity index (χ0n) is 13.6. The molecule has 0 bridgehead atoms. The van der Waals surface area contributed by atoms with Gasteiger partial charge in [-0.15, -0.1) is 0 Å². The van der Waals surface area contributed by atoms with Crippen molar-refractivity contribution in [2.45, 2.75) is 18.8 Å². The summed E-state index contributed by atoms with van der Waals surface area (Å²) in [7, 11) is 0. The molecular weight excluding hydrogens is 335 g/mol. The number of benzene rings is 1. The van der Waals surface area contributed by atoms with Crippen LogP contribution >= 0.6 is 0 Å². The Kier molecular flexibility index (Phi) is 3.77. The van der Waals surface area contributed by atoms with E-state index < -0.39 is 11.4 Å². The topological polar surface area (TPSA) is 76.0 Å². The van der Waals surface area contributed by atoms with E-state index in [1.165, 1.54) is 34.9 Å². The molecule has 1 atom stereocenters. The average molecular weight is 348 g/mol. The molecule has 6 heteroatoms. The highest BCUT2D eigenvalue weighted by Crippen LogP contribution is 2.33. The summed E-state index contributed by atoms with van der Waals surface area (Å²) >= 11 is 0. The molecule has 0 N–H and O–H groups in total. The number of pyridine rings is 1. The molecule has 1 aliphatic rings. The minimum atomic E-state index is -0.522. The van der Waals surface area contributed by atoms with Gasteiger partial charge in [-0.05, 0) is 48.9 Å². The molecule has 26 heavy (non-hydrogen) atoms. The monoisotopic (exact) mass is 348 g/mol. The highest BCUT2D eigenvalue weighted by Gasteiger charge is 2.31. The smallest absolute Gasteiger partial charge is 0.273 e. The molecule has 0 saturated carbocycles. The number of fused-ring (bicyclic) bond motifs is 1. The Morgan fingerprint density at radius 2 is 1.92 bits per heavy atom. The van der Waals surface area contributed by atoms with Crippen LogP contribution in [0.5, 0.6) is 0 Å². The third-order valence-corrected chi connectivity index (χ3v) is 4.63. The van der Waals surface area contributed by atoms with Gasteiger partial charge < -0.3 is 4.42 Å². The number of rotatable bonds is 2. The lowest BCUT2D eigenvalue weighted by Gasteiger charge is -2.25. The zero-order chi connectivity index (χ0) is 18.3. The fraction of sp³-hybridized carbons (Fsp3) is 0.150. The highest BCUT2D eigenvalue weighted by atomic mass is 19.1. The van der Waals surface area contributed by atoms with Crippen molar-refractivity contribution in [1.29, 1.82) is 5.26 Å². The first-order valence-corrected chi connectivity index (χ1v) is 8.10. The number of carbonyl (C=O) groups excluding carboxylic acids is 1. The van der Waals surface area contributed by atoms with Gasteiger partial charge in [0, 0.05) is 29.3 Å². The Morgan fingerprint density at radius 3 is 2.58 bits per heavy atom. The van der Waals surface area contributed by atoms with Crippen LogP contribution in [0.4, 0.5) is 4.39 Å². The maximum absolute atomic E-state index is 13.3. The summed E-state index contributed by atoms with van der Waals surface area (Å²) in [6, 6.07) is 12.1. The summed E-state index contributed by atoms with van der Waals surface area (Å²) in [6.45, 7) is 0. The van der Waals surface area contributed by atoms with Gasteiger partial charge >= 0.3 is 0 Å². The third kappa shape index (κ3) is 2.54. The van der Waals surface area contributed by atoms with Gasteiger partial charge in [0.05, 0.1) is 6.26 Å². The Bertz CT molecular complexity index is 1090. The summed E-state index contributed by atoms with van der Waals surface area (Å²) in [5.41, 5.74) is 0.646. The fourth-order valence-corrected chi connectivity index (χ4v) is 3.40. The summed E-state index contributed by atoms with van der Waals surface area (Å²) in [6.07, 6.45) is 2.20. The van der Waals surface area contributed by atoms with Crippen molar-refractivity contribution in [3.05, 3.63) is 87.5 Å². The lowest BCUT2D eigenvalue weighted by molar-refractivity contribution is 0.0958. The van der Waals surface area contributed by atoms with Crippen molar-refractivity contribution in [2.75, 3.05) is 0 Å². The summed E-state index contributed by atoms with van der Waals surface area (Å²) in [5, 5.41) is 9.27. The van der Waals surface area contributed by atoms with Gasteiger partial charge in [-0.2, -0.15) is 5.26 Å². The van der Waals surface area contributed by atoms with E-state index in [2.05, 4.69) is 0 Å². The number of carbonyl (C=O) groups is 1. The van der Waals surface area contributed by atoms with Crippen molar-refractivity contribution in [3.8, 4) is 11.8 Å². The van der Waals surface area contributed by atoms with E-state index in [1.807, 2.05) is 6.07 Å². The second-order valence-corrected chi connectivity index (χ2v) is 6.19. The lowest BCUT2D eigenvalue weighted by Crippen LogP contribution is -2.31. The van der Waals surface area contributed by atoms with Crippen molar-refractivity contribution < 1.29 is 13.6 Å². The minimum Gasteiger partial charge on any atom is -0.469 e. The van der Waals surface area contributed by atoms with Crippen LogP contribution in [0, 0.1) is 17.1 Å². The molecule has 1 aliphatic carbocycles. The van der Waals surface area contributed by atoms with Crippen LogP contribution in [-0.4, -0.2) is 10.4 Å². The third-order valence-electron chi connectivity index (χ3n) is 4.63. The van der Waals surface area contributed by atoms with Crippen molar-refractivity contribution in [2.24, 2.45) is 0 Å². The number of halogens is 1. The Balaban J connectivity index is 1.95. The van der Waals surface area contributed by atoms with Crippen LogP contribution < -0.4 is 5.56 Å². The van der Waals surface area contributed by atoms with Crippen LogP contribution in [0.1, 0.15) is 39.7 Å². The Hall–Kier alpha value is -3.46. The quantitative estimate of drug-likeness (QED) is 0.712. The fourth-order valence-electron chi connectivity index (χ4n) is 3.40. The predicted molar refractivity (Wildman–Crippen MR) is 90.8 cm³/mol. The molecule has 5 nitrogen and oxygen atoms in total. The van der Waals surface area contributed by atoms with E-state index in [0.717, 1.165) is 0 Å². The van der Waals surface area contributed by atoms with Gasteiger partial charge in [0.1, 0.15) is 23.2 Å². The van der Waals surface area contributed by atoms with Crippen molar-refractivity contribution >= 4 is 5.78 Å². The lowest BCUT2D eigenvalue weighted by atomic mass is 9.83. The Morgan fingerprint density at radius 1 is 1.15 bits per heavy atom. The molecule has 0 unspecified atom stereocenters. The second kappa shape index (κ2) is 6.12. The molecule has 0 spiro atoms. The van der Waals surface area contributed by atoms with E-state index in [9.17, 15) is 19.2 Å². The number of nitriles is 1.